The van der Waals surface area contributed by atoms with E-state index >= 15 is 0 Å². The molecule has 89 heavy (non-hydrogen) atoms. The summed E-state index contributed by atoms with van der Waals surface area (Å²) in [7, 11) is 1.77. The Bertz CT molecular complexity index is 3510. The van der Waals surface area contributed by atoms with Gasteiger partial charge in [0.25, 0.3) is 0 Å². The van der Waals surface area contributed by atoms with Crippen LogP contribution >= 0.6 is 38.5 Å². The molecule has 0 aliphatic rings. The molecule has 0 unspecified atom stereocenters. The first kappa shape index (κ1) is 81.1. The number of ether oxygens (including phenoxy) is 4. The summed E-state index contributed by atoms with van der Waals surface area (Å²) in [6.07, 6.45) is -15.9. The Balaban J connectivity index is 0.000000558. The van der Waals surface area contributed by atoms with E-state index in [0.29, 0.717) is 31.4 Å². The predicted octanol–water partition coefficient (Wildman–Crippen LogP) is 12.7. The van der Waals surface area contributed by atoms with Crippen LogP contribution in [0.1, 0.15) is 36.1 Å². The van der Waals surface area contributed by atoms with Crippen LogP contribution in [0.3, 0.4) is 0 Å². The molecule has 8 aromatic rings. The third-order valence-corrected chi connectivity index (χ3v) is 12.6. The molecule has 8 rings (SSSR count). The normalized spacial score (nSPS) is 10.8. The second-order valence-corrected chi connectivity index (χ2v) is 19.4. The second-order valence-electron chi connectivity index (χ2n) is 17.4. The van der Waals surface area contributed by atoms with Gasteiger partial charge in [-0.15, -0.1) is 0 Å². The van der Waals surface area contributed by atoms with Crippen molar-refractivity contribution in [3.05, 3.63) is 218 Å². The van der Waals surface area contributed by atoms with Gasteiger partial charge in [0.05, 0.1) is 58.7 Å². The molecule has 0 aliphatic carbocycles. The molecule has 474 valence electrons. The molecule has 0 saturated heterocycles. The first-order valence-corrected chi connectivity index (χ1v) is 26.3. The topological polar surface area (TPSA) is 118 Å². The zero-order valence-electron chi connectivity index (χ0n) is 47.1. The Kier molecular flexibility index (Phi) is 33.5. The first-order chi connectivity index (χ1) is 40.5. The zero-order valence-corrected chi connectivity index (χ0v) is 53.0. The van der Waals surface area contributed by atoms with Gasteiger partial charge in [-0.3, -0.25) is 0 Å². The zero-order chi connectivity index (χ0) is 65.8. The van der Waals surface area contributed by atoms with Crippen LogP contribution in [0.15, 0.2) is 162 Å². The fourth-order valence-electron chi connectivity index (χ4n) is 7.00. The van der Waals surface area contributed by atoms with E-state index in [-0.39, 0.29) is 91.3 Å². The molecule has 0 atom stereocenters. The molecule has 0 bridgehead atoms. The third-order valence-electron chi connectivity index (χ3n) is 11.2. The molecule has 0 spiro atoms. The van der Waals surface area contributed by atoms with Crippen LogP contribution in [-0.4, -0.2) is 85.8 Å². The van der Waals surface area contributed by atoms with Crippen LogP contribution < -0.4 is 42.3 Å². The maximum atomic E-state index is 14.1. The van der Waals surface area contributed by atoms with Crippen molar-refractivity contribution in [1.82, 2.24) is 0 Å². The van der Waals surface area contributed by atoms with Crippen molar-refractivity contribution in [3.63, 3.8) is 0 Å². The van der Waals surface area contributed by atoms with Crippen molar-refractivity contribution in [2.24, 2.45) is 0 Å². The quantitative estimate of drug-likeness (QED) is 0.0489. The summed E-state index contributed by atoms with van der Waals surface area (Å²) in [5.41, 5.74) is -3.47. The monoisotopic (exact) mass is 1480 g/mol. The Morgan fingerprint density at radius 1 is 0.416 bits per heavy atom. The molecule has 0 aliphatic heterocycles. The standard InChI is InChI=1S/C14H11BF4O3.C14H9F4IO.C14H10F4O.C7H6BF3O2.C7H6BrFO.C3H7.ClH.Mg/c1-22-13-6-10(12(16)7-11(13)15(20)21)8-3-2-4-9(5-8)14(17,18)19;1-20-13-6-10(11(15)7-12(13)19)8-3-2-4-9(5-8)14(16,17)18;1-19-11-5-6-13(15)12(8-11)9-3-2-4-10(7-9)14(16,17)18;9-7(10,11)5-2-1-3-6(4-5)8(12)13;1-10-5-2-3-7(9)6(8)4-5;1-3-2;;/h2-7,20-21H,1H3;2-7H,1H3;2-8H,1H3;1-4,12-13H;2-4H,1H3;3H,1-2H3;1H;/q;;;;;-1;;+2/p-1. The van der Waals surface area contributed by atoms with E-state index in [1.54, 1.807) is 19.2 Å². The Morgan fingerprint density at radius 2 is 0.764 bits per heavy atom. The van der Waals surface area contributed by atoms with Gasteiger partial charge in [-0.1, -0.05) is 60.7 Å². The molecule has 8 aromatic carbocycles. The number of benzene rings is 8. The number of hydrogen-bond donors (Lipinski definition) is 4. The van der Waals surface area contributed by atoms with E-state index in [4.69, 9.17) is 39.0 Å². The molecule has 0 heterocycles. The Labute approximate surface area is 545 Å². The van der Waals surface area contributed by atoms with Crippen LogP contribution in [0.4, 0.5) is 70.2 Å². The minimum Gasteiger partial charge on any atom is -1.00 e. The molecule has 0 aromatic heterocycles. The average molecular weight is 1480 g/mol. The van der Waals surface area contributed by atoms with Crippen LogP contribution in [0.2, 0.25) is 0 Å². The van der Waals surface area contributed by atoms with Gasteiger partial charge in [-0.2, -0.15) is 66.5 Å². The molecular formula is C59H49B2BrClF16IMgO8. The van der Waals surface area contributed by atoms with Crippen molar-refractivity contribution in [2.75, 3.05) is 28.4 Å². The molecular weight excluding hydrogens is 1430 g/mol. The number of halogens is 19. The summed E-state index contributed by atoms with van der Waals surface area (Å²) in [4.78, 5) is 0. The maximum Gasteiger partial charge on any atom is 2.00 e. The van der Waals surface area contributed by atoms with Gasteiger partial charge in [0, 0.05) is 22.2 Å². The summed E-state index contributed by atoms with van der Waals surface area (Å²) in [5.74, 6) is -0.941. The Morgan fingerprint density at radius 3 is 1.12 bits per heavy atom. The molecule has 8 nitrogen and oxygen atoms in total. The maximum absolute atomic E-state index is 14.1. The Hall–Kier alpha value is -5.92. The summed E-state index contributed by atoms with van der Waals surface area (Å²) in [5, 5.41) is 35.5. The van der Waals surface area contributed by atoms with Crippen molar-refractivity contribution in [3.8, 4) is 56.4 Å². The molecule has 0 saturated carbocycles. The van der Waals surface area contributed by atoms with Crippen molar-refractivity contribution < 1.29 is 122 Å². The number of hydrogen-bond acceptors (Lipinski definition) is 8. The fourth-order valence-corrected chi connectivity index (χ4v) is 8.00. The van der Waals surface area contributed by atoms with Gasteiger partial charge < -0.3 is 57.9 Å². The molecule has 0 amide bonds. The molecule has 0 fully saturated rings. The SMILES string of the molecule is COc1cc(-c2cccc(C(F)(F)F)c2)c(F)cc1B(O)O.COc1cc(-c2cccc(C(F)(F)F)c2)c(F)cc1I.COc1ccc(F)c(-c2cccc(C(F)(F)F)c2)c1.COc1ccc(F)c(Br)c1.C[CH-]C.OB(O)c1cccc(C(F)(F)F)c1.[Cl-].[Mg+2]. The van der Waals surface area contributed by atoms with Crippen LogP contribution in [0, 0.1) is 33.3 Å². The van der Waals surface area contributed by atoms with Gasteiger partial charge >= 0.3 is 62.0 Å². The van der Waals surface area contributed by atoms with E-state index in [9.17, 15) is 70.2 Å². The number of alkyl halides is 12. The van der Waals surface area contributed by atoms with Crippen LogP contribution in [0.5, 0.6) is 23.0 Å². The summed E-state index contributed by atoms with van der Waals surface area (Å²) in [6.45, 7) is 4.00. The smallest absolute Gasteiger partial charge is 1.00 e. The number of rotatable bonds is 9. The average Bonchev–Trinajstić information content (AvgIpc) is 1.02. The summed E-state index contributed by atoms with van der Waals surface area (Å²) in [6, 6.07) is 30.2. The molecule has 4 N–H and O–H groups in total. The largest absolute Gasteiger partial charge is 2.00 e. The first-order valence-electron chi connectivity index (χ1n) is 24.4. The van der Waals surface area contributed by atoms with E-state index in [0.717, 1.165) is 66.7 Å². The van der Waals surface area contributed by atoms with E-state index in [2.05, 4.69) is 15.9 Å². The van der Waals surface area contributed by atoms with Crippen molar-refractivity contribution >= 4 is 86.7 Å². The molecule has 30 heteroatoms. The molecule has 0 radical (unpaired) electrons. The minimum atomic E-state index is -4.54. The van der Waals surface area contributed by atoms with Crippen molar-refractivity contribution in [2.45, 2.75) is 38.6 Å². The van der Waals surface area contributed by atoms with Crippen LogP contribution in [0.25, 0.3) is 33.4 Å². The van der Waals surface area contributed by atoms with E-state index < -0.39 is 78.6 Å². The summed E-state index contributed by atoms with van der Waals surface area (Å²) < 4.78 is 225. The number of methoxy groups -OCH3 is 4. The predicted molar refractivity (Wildman–Crippen MR) is 316 cm³/mol. The van der Waals surface area contributed by atoms with E-state index in [1.165, 1.54) is 94.1 Å². The van der Waals surface area contributed by atoms with Crippen molar-refractivity contribution in [1.29, 1.82) is 0 Å². The van der Waals surface area contributed by atoms with Gasteiger partial charge in [0.1, 0.15) is 46.3 Å². The second kappa shape index (κ2) is 36.8. The van der Waals surface area contributed by atoms with Gasteiger partial charge in [0.15, 0.2) is 0 Å². The third kappa shape index (κ3) is 25.4. The van der Waals surface area contributed by atoms with Gasteiger partial charge in [0.2, 0.25) is 0 Å². The summed E-state index contributed by atoms with van der Waals surface area (Å²) >= 11 is 4.93. The van der Waals surface area contributed by atoms with Gasteiger partial charge in [-0.25, -0.2) is 17.6 Å². The fraction of sp³-hybridized carbons (Fsp3) is 0.169. The minimum absolute atomic E-state index is 0. The van der Waals surface area contributed by atoms with Gasteiger partial charge in [-0.05, 0) is 158 Å². The van der Waals surface area contributed by atoms with E-state index in [1.807, 2.05) is 42.9 Å². The van der Waals surface area contributed by atoms with Crippen LogP contribution in [-0.2, 0) is 24.7 Å².